The molecule has 0 saturated carbocycles. The molecule has 1 aromatic heterocycles. The average molecular weight is 300 g/mol. The lowest BCUT2D eigenvalue weighted by molar-refractivity contribution is 1.14. The Kier molecular flexibility index (Phi) is 3.12. The highest BCUT2D eigenvalue weighted by Gasteiger charge is 2.12. The number of anilines is 1. The van der Waals surface area contributed by atoms with E-state index in [0.717, 1.165) is 12.1 Å². The normalized spacial score (nSPS) is 11.4. The van der Waals surface area contributed by atoms with Crippen LogP contribution in [0.3, 0.4) is 0 Å². The van der Waals surface area contributed by atoms with Gasteiger partial charge in [-0.15, -0.1) is 0 Å². The lowest BCUT2D eigenvalue weighted by Crippen LogP contribution is -1.94. The van der Waals surface area contributed by atoms with Gasteiger partial charge in [-0.1, -0.05) is 30.7 Å². The van der Waals surface area contributed by atoms with Crippen molar-refractivity contribution in [3.63, 3.8) is 0 Å². The fourth-order valence-electron chi connectivity index (χ4n) is 3.28. The highest BCUT2D eigenvalue weighted by molar-refractivity contribution is 6.10. The zero-order chi connectivity index (χ0) is 16.0. The third kappa shape index (κ3) is 2.18. The molecule has 2 heteroatoms. The van der Waals surface area contributed by atoms with Gasteiger partial charge in [0.05, 0.1) is 11.0 Å². The Balaban J connectivity index is 2.14. The van der Waals surface area contributed by atoms with Crippen LogP contribution in [0.5, 0.6) is 0 Å². The number of nitrogens with zero attached hydrogens (tertiary/aromatic N) is 1. The van der Waals surface area contributed by atoms with Gasteiger partial charge in [0.25, 0.3) is 0 Å². The fourth-order valence-corrected chi connectivity index (χ4v) is 3.28. The molecule has 23 heavy (non-hydrogen) atoms. The molecule has 0 radical (unpaired) electrons. The van der Waals surface area contributed by atoms with Gasteiger partial charge in [-0.2, -0.15) is 0 Å². The first-order chi connectivity index (χ1) is 11.2. The van der Waals surface area contributed by atoms with Crippen LogP contribution in [-0.4, -0.2) is 4.57 Å². The standard InChI is InChI=1S/C21H20N2/c1-3-15-6-10-20-18(12-15)19-13-16(22)7-11-21(19)23(20)17-8-4-14(2)5-9-17/h4-13H,3,22H2,1-2H3. The maximum Gasteiger partial charge on any atom is 0.0542 e. The van der Waals surface area contributed by atoms with Gasteiger partial charge < -0.3 is 10.3 Å². The number of aromatic nitrogens is 1. The quantitative estimate of drug-likeness (QED) is 0.504. The maximum absolute atomic E-state index is 6.04. The molecule has 2 N–H and O–H groups in total. The smallest absolute Gasteiger partial charge is 0.0542 e. The SMILES string of the molecule is CCc1ccc2c(c1)c1cc(N)ccc1n2-c1ccc(C)cc1. The van der Waals surface area contributed by atoms with Crippen molar-refractivity contribution in [1.82, 2.24) is 4.57 Å². The molecule has 0 aliphatic carbocycles. The minimum absolute atomic E-state index is 0.808. The molecule has 4 rings (SSSR count). The molecule has 0 saturated heterocycles. The van der Waals surface area contributed by atoms with Crippen molar-refractivity contribution in [1.29, 1.82) is 0 Å². The van der Waals surface area contributed by atoms with E-state index in [4.69, 9.17) is 5.73 Å². The topological polar surface area (TPSA) is 30.9 Å². The van der Waals surface area contributed by atoms with Crippen LogP contribution in [-0.2, 0) is 6.42 Å². The van der Waals surface area contributed by atoms with E-state index in [1.165, 1.54) is 38.6 Å². The second kappa shape index (κ2) is 5.17. The van der Waals surface area contributed by atoms with Crippen LogP contribution in [0.2, 0.25) is 0 Å². The largest absolute Gasteiger partial charge is 0.399 e. The minimum atomic E-state index is 0.808. The zero-order valence-electron chi connectivity index (χ0n) is 13.5. The summed E-state index contributed by atoms with van der Waals surface area (Å²) in [6, 6.07) is 21.6. The first kappa shape index (κ1) is 13.9. The molecule has 0 amide bonds. The van der Waals surface area contributed by atoms with E-state index in [0.29, 0.717) is 0 Å². The highest BCUT2D eigenvalue weighted by Crippen LogP contribution is 2.33. The van der Waals surface area contributed by atoms with Crippen LogP contribution in [0.4, 0.5) is 5.69 Å². The number of hydrogen-bond acceptors (Lipinski definition) is 1. The van der Waals surface area contributed by atoms with Crippen LogP contribution < -0.4 is 5.73 Å². The Labute approximate surface area is 136 Å². The van der Waals surface area contributed by atoms with E-state index in [-0.39, 0.29) is 0 Å². The average Bonchev–Trinajstić information content (AvgIpc) is 2.88. The first-order valence-electron chi connectivity index (χ1n) is 8.07. The summed E-state index contributed by atoms with van der Waals surface area (Å²) in [4.78, 5) is 0. The van der Waals surface area contributed by atoms with Gasteiger partial charge in [0.1, 0.15) is 0 Å². The number of rotatable bonds is 2. The third-order valence-corrected chi connectivity index (χ3v) is 4.55. The van der Waals surface area contributed by atoms with Gasteiger partial charge >= 0.3 is 0 Å². The van der Waals surface area contributed by atoms with E-state index in [1.54, 1.807) is 0 Å². The fraction of sp³-hybridized carbons (Fsp3) is 0.143. The molecule has 0 aliphatic rings. The molecule has 4 aromatic rings. The Bertz CT molecular complexity index is 1010. The summed E-state index contributed by atoms with van der Waals surface area (Å²) in [7, 11) is 0. The van der Waals surface area contributed by atoms with Crippen LogP contribution in [0.1, 0.15) is 18.1 Å². The van der Waals surface area contributed by atoms with Gasteiger partial charge in [0.2, 0.25) is 0 Å². The molecule has 0 bridgehead atoms. The van der Waals surface area contributed by atoms with E-state index < -0.39 is 0 Å². The first-order valence-corrected chi connectivity index (χ1v) is 8.07. The van der Waals surface area contributed by atoms with Crippen molar-refractivity contribution in [3.05, 3.63) is 71.8 Å². The molecule has 0 atom stereocenters. The summed E-state index contributed by atoms with van der Waals surface area (Å²) in [6.45, 7) is 4.30. The van der Waals surface area contributed by atoms with Crippen molar-refractivity contribution in [2.45, 2.75) is 20.3 Å². The van der Waals surface area contributed by atoms with Crippen molar-refractivity contribution < 1.29 is 0 Å². The van der Waals surface area contributed by atoms with Crippen molar-refractivity contribution in [3.8, 4) is 5.69 Å². The van der Waals surface area contributed by atoms with E-state index in [9.17, 15) is 0 Å². The summed E-state index contributed by atoms with van der Waals surface area (Å²) in [5.41, 5.74) is 13.1. The van der Waals surface area contributed by atoms with Gasteiger partial charge in [-0.3, -0.25) is 0 Å². The molecule has 2 nitrogen and oxygen atoms in total. The molecule has 0 spiro atoms. The molecule has 0 unspecified atom stereocenters. The van der Waals surface area contributed by atoms with E-state index in [1.807, 2.05) is 6.07 Å². The molecule has 0 aliphatic heterocycles. The molecule has 0 fully saturated rings. The van der Waals surface area contributed by atoms with Crippen LogP contribution in [0.25, 0.3) is 27.5 Å². The third-order valence-electron chi connectivity index (χ3n) is 4.55. The number of nitrogen functional groups attached to an aromatic ring is 1. The Hall–Kier alpha value is -2.74. The zero-order valence-corrected chi connectivity index (χ0v) is 13.5. The van der Waals surface area contributed by atoms with Gasteiger partial charge in [0, 0.05) is 22.1 Å². The Morgan fingerprint density at radius 2 is 1.48 bits per heavy atom. The summed E-state index contributed by atoms with van der Waals surface area (Å²) < 4.78 is 2.32. The molecule has 3 aromatic carbocycles. The van der Waals surface area contributed by atoms with Crippen molar-refractivity contribution in [2.24, 2.45) is 0 Å². The maximum atomic E-state index is 6.04. The van der Waals surface area contributed by atoms with Crippen LogP contribution in [0, 0.1) is 6.92 Å². The lowest BCUT2D eigenvalue weighted by atomic mass is 10.1. The van der Waals surface area contributed by atoms with Gasteiger partial charge in [0.15, 0.2) is 0 Å². The van der Waals surface area contributed by atoms with E-state index in [2.05, 4.69) is 73.0 Å². The number of fused-ring (bicyclic) bond motifs is 3. The number of benzene rings is 3. The highest BCUT2D eigenvalue weighted by atomic mass is 15.0. The molecule has 1 heterocycles. The second-order valence-electron chi connectivity index (χ2n) is 6.15. The Morgan fingerprint density at radius 3 is 2.17 bits per heavy atom. The summed E-state index contributed by atoms with van der Waals surface area (Å²) in [5, 5.41) is 2.49. The lowest BCUT2D eigenvalue weighted by Gasteiger charge is -2.08. The number of hydrogen-bond donors (Lipinski definition) is 1. The van der Waals surface area contributed by atoms with Crippen LogP contribution >= 0.6 is 0 Å². The predicted molar refractivity (Wildman–Crippen MR) is 99.3 cm³/mol. The summed E-state index contributed by atoms with van der Waals surface area (Å²) in [5.74, 6) is 0. The van der Waals surface area contributed by atoms with Crippen molar-refractivity contribution in [2.75, 3.05) is 5.73 Å². The van der Waals surface area contributed by atoms with Crippen molar-refractivity contribution >= 4 is 27.5 Å². The minimum Gasteiger partial charge on any atom is -0.399 e. The summed E-state index contributed by atoms with van der Waals surface area (Å²) in [6.07, 6.45) is 1.04. The summed E-state index contributed by atoms with van der Waals surface area (Å²) >= 11 is 0. The molecular formula is C21H20N2. The van der Waals surface area contributed by atoms with E-state index >= 15 is 0 Å². The number of nitrogens with two attached hydrogens (primary N) is 1. The number of aryl methyl sites for hydroxylation is 2. The monoisotopic (exact) mass is 300 g/mol. The second-order valence-corrected chi connectivity index (χ2v) is 6.15. The van der Waals surface area contributed by atoms with Crippen LogP contribution in [0.15, 0.2) is 60.7 Å². The van der Waals surface area contributed by atoms with Gasteiger partial charge in [-0.05, 0) is 61.4 Å². The predicted octanol–water partition coefficient (Wildman–Crippen LogP) is 5.24. The molecular weight excluding hydrogens is 280 g/mol. The molecule has 114 valence electrons. The van der Waals surface area contributed by atoms with Gasteiger partial charge in [-0.25, -0.2) is 0 Å². The Morgan fingerprint density at radius 1 is 0.826 bits per heavy atom.